The number of carboxylic acids is 1. The summed E-state index contributed by atoms with van der Waals surface area (Å²) in [5, 5.41) is 15.5. The van der Waals surface area contributed by atoms with Gasteiger partial charge in [-0.25, -0.2) is 14.8 Å². The second kappa shape index (κ2) is 5.47. The lowest BCUT2D eigenvalue weighted by molar-refractivity contribution is 0.0690. The summed E-state index contributed by atoms with van der Waals surface area (Å²) >= 11 is 0. The molecule has 0 unspecified atom stereocenters. The molecule has 104 valence electrons. The number of carboxylic acid groups (broad SMARTS) is 1. The van der Waals surface area contributed by atoms with E-state index in [9.17, 15) is 9.59 Å². The normalized spacial score (nSPS) is 10.3. The Morgan fingerprint density at radius 2 is 2.00 bits per heavy atom. The molecule has 20 heavy (non-hydrogen) atoms. The highest BCUT2D eigenvalue weighted by Gasteiger charge is 2.17. The van der Waals surface area contributed by atoms with E-state index in [1.54, 1.807) is 14.0 Å². The summed E-state index contributed by atoms with van der Waals surface area (Å²) in [6, 6.07) is 4.28. The van der Waals surface area contributed by atoms with Crippen LogP contribution in [0.25, 0.3) is 0 Å². The molecule has 0 aliphatic carbocycles. The quantitative estimate of drug-likeness (QED) is 0.839. The SMILES string of the molecule is Cc1nc(CN(C)C(=O)c2cccc(C(=O)O)n2)n[nH]1. The Morgan fingerprint density at radius 1 is 1.30 bits per heavy atom. The fraction of sp³-hybridized carbons (Fsp3) is 0.250. The van der Waals surface area contributed by atoms with E-state index in [0.717, 1.165) is 0 Å². The second-order valence-electron chi connectivity index (χ2n) is 4.21. The highest BCUT2D eigenvalue weighted by molar-refractivity contribution is 5.94. The number of H-pyrrole nitrogens is 1. The molecule has 0 saturated carbocycles. The number of aryl methyl sites for hydroxylation is 1. The smallest absolute Gasteiger partial charge is 0.354 e. The zero-order valence-corrected chi connectivity index (χ0v) is 11.0. The number of hydrogen-bond acceptors (Lipinski definition) is 5. The van der Waals surface area contributed by atoms with Crippen molar-refractivity contribution in [2.45, 2.75) is 13.5 Å². The number of rotatable bonds is 4. The molecule has 2 heterocycles. The van der Waals surface area contributed by atoms with E-state index >= 15 is 0 Å². The minimum Gasteiger partial charge on any atom is -0.477 e. The molecule has 2 aromatic rings. The molecule has 2 rings (SSSR count). The maximum Gasteiger partial charge on any atom is 0.354 e. The van der Waals surface area contributed by atoms with Crippen molar-refractivity contribution in [3.05, 3.63) is 41.2 Å². The van der Waals surface area contributed by atoms with E-state index in [4.69, 9.17) is 5.11 Å². The zero-order valence-electron chi connectivity index (χ0n) is 11.0. The zero-order chi connectivity index (χ0) is 14.7. The van der Waals surface area contributed by atoms with Gasteiger partial charge in [-0.3, -0.25) is 9.89 Å². The lowest BCUT2D eigenvalue weighted by atomic mass is 10.2. The van der Waals surface area contributed by atoms with Crippen molar-refractivity contribution < 1.29 is 14.7 Å². The van der Waals surface area contributed by atoms with Crippen molar-refractivity contribution in [1.82, 2.24) is 25.1 Å². The number of pyridine rings is 1. The first-order valence-corrected chi connectivity index (χ1v) is 5.81. The molecule has 8 nitrogen and oxygen atoms in total. The van der Waals surface area contributed by atoms with Gasteiger partial charge in [-0.2, -0.15) is 5.10 Å². The topological polar surface area (TPSA) is 112 Å². The van der Waals surface area contributed by atoms with Gasteiger partial charge >= 0.3 is 5.97 Å². The Bertz CT molecular complexity index is 652. The summed E-state index contributed by atoms with van der Waals surface area (Å²) in [6.07, 6.45) is 0. The highest BCUT2D eigenvalue weighted by Crippen LogP contribution is 2.05. The van der Waals surface area contributed by atoms with Crippen LogP contribution in [0.1, 0.15) is 32.6 Å². The number of nitrogens with zero attached hydrogens (tertiary/aromatic N) is 4. The van der Waals surface area contributed by atoms with E-state index in [1.165, 1.54) is 23.1 Å². The largest absolute Gasteiger partial charge is 0.477 e. The first kappa shape index (κ1) is 13.7. The van der Waals surface area contributed by atoms with Crippen molar-refractivity contribution >= 4 is 11.9 Å². The lowest BCUT2D eigenvalue weighted by Gasteiger charge is -2.14. The molecule has 0 aliphatic rings. The van der Waals surface area contributed by atoms with Gasteiger partial charge in [-0.15, -0.1) is 0 Å². The van der Waals surface area contributed by atoms with Crippen LogP contribution >= 0.6 is 0 Å². The second-order valence-corrected chi connectivity index (χ2v) is 4.21. The van der Waals surface area contributed by atoms with Crippen molar-refractivity contribution in [2.24, 2.45) is 0 Å². The van der Waals surface area contributed by atoms with E-state index in [1.807, 2.05) is 0 Å². The van der Waals surface area contributed by atoms with Gasteiger partial charge in [0.25, 0.3) is 5.91 Å². The Kier molecular flexibility index (Phi) is 3.74. The molecule has 0 bridgehead atoms. The molecule has 0 radical (unpaired) electrons. The summed E-state index contributed by atoms with van der Waals surface area (Å²) in [5.41, 5.74) is -0.0994. The molecule has 0 spiro atoms. The molecular weight excluding hydrogens is 262 g/mol. The van der Waals surface area contributed by atoms with Crippen molar-refractivity contribution in [1.29, 1.82) is 0 Å². The number of nitrogens with one attached hydrogen (secondary N) is 1. The third-order valence-electron chi connectivity index (χ3n) is 2.56. The minimum absolute atomic E-state index is 0.0691. The van der Waals surface area contributed by atoms with Crippen LogP contribution in [0.5, 0.6) is 0 Å². The molecule has 8 heteroatoms. The number of aromatic nitrogens is 4. The van der Waals surface area contributed by atoms with Crippen molar-refractivity contribution in [3.63, 3.8) is 0 Å². The number of aromatic carboxylic acids is 1. The Balaban J connectivity index is 2.14. The van der Waals surface area contributed by atoms with Crippen LogP contribution in [0.15, 0.2) is 18.2 Å². The van der Waals surface area contributed by atoms with E-state index in [2.05, 4.69) is 20.2 Å². The summed E-state index contributed by atoms with van der Waals surface area (Å²) < 4.78 is 0. The van der Waals surface area contributed by atoms with E-state index in [-0.39, 0.29) is 17.9 Å². The van der Waals surface area contributed by atoms with Crippen LogP contribution < -0.4 is 0 Å². The van der Waals surface area contributed by atoms with Crippen molar-refractivity contribution in [2.75, 3.05) is 7.05 Å². The lowest BCUT2D eigenvalue weighted by Crippen LogP contribution is -2.28. The Hall–Kier alpha value is -2.77. The van der Waals surface area contributed by atoms with Crippen LogP contribution in [0.3, 0.4) is 0 Å². The minimum atomic E-state index is -1.17. The summed E-state index contributed by atoms with van der Waals surface area (Å²) in [6.45, 7) is 1.97. The molecule has 2 aromatic heterocycles. The Morgan fingerprint density at radius 3 is 2.60 bits per heavy atom. The van der Waals surface area contributed by atoms with Crippen LogP contribution in [-0.2, 0) is 6.54 Å². The number of carbonyl (C=O) groups is 2. The standard InChI is InChI=1S/C12H13N5O3/c1-7-13-10(16-15-7)6-17(2)11(18)8-4-3-5-9(14-8)12(19)20/h3-5H,6H2,1-2H3,(H,19,20)(H,13,15,16). The molecule has 0 aromatic carbocycles. The molecule has 0 aliphatic heterocycles. The first-order chi connectivity index (χ1) is 9.47. The fourth-order valence-corrected chi connectivity index (χ4v) is 1.61. The van der Waals surface area contributed by atoms with Gasteiger partial charge in [0.1, 0.15) is 17.2 Å². The number of hydrogen-bond donors (Lipinski definition) is 2. The van der Waals surface area contributed by atoms with Gasteiger partial charge in [-0.05, 0) is 19.1 Å². The van der Waals surface area contributed by atoms with E-state index < -0.39 is 11.9 Å². The van der Waals surface area contributed by atoms with Crippen LogP contribution in [0, 0.1) is 6.92 Å². The molecular formula is C12H13N5O3. The van der Waals surface area contributed by atoms with Gasteiger partial charge in [0.05, 0.1) is 6.54 Å². The predicted octanol–water partition coefficient (Wildman–Crippen LogP) is 0.479. The van der Waals surface area contributed by atoms with Gasteiger partial charge in [0, 0.05) is 7.05 Å². The maximum absolute atomic E-state index is 12.1. The number of amides is 1. The maximum atomic E-state index is 12.1. The van der Waals surface area contributed by atoms with Gasteiger partial charge in [-0.1, -0.05) is 6.07 Å². The summed E-state index contributed by atoms with van der Waals surface area (Å²) in [7, 11) is 1.57. The summed E-state index contributed by atoms with van der Waals surface area (Å²) in [4.78, 5) is 32.2. The van der Waals surface area contributed by atoms with Gasteiger partial charge in [0.2, 0.25) is 0 Å². The fourth-order valence-electron chi connectivity index (χ4n) is 1.61. The van der Waals surface area contributed by atoms with E-state index in [0.29, 0.717) is 11.6 Å². The monoisotopic (exact) mass is 275 g/mol. The third kappa shape index (κ3) is 2.97. The third-order valence-corrected chi connectivity index (χ3v) is 2.56. The van der Waals surface area contributed by atoms with Crippen LogP contribution in [0.4, 0.5) is 0 Å². The average Bonchev–Trinajstić information content (AvgIpc) is 2.83. The molecule has 0 fully saturated rings. The predicted molar refractivity (Wildman–Crippen MR) is 68.1 cm³/mol. The number of carbonyl (C=O) groups excluding carboxylic acids is 1. The molecule has 1 amide bonds. The van der Waals surface area contributed by atoms with Crippen LogP contribution in [-0.4, -0.2) is 49.1 Å². The van der Waals surface area contributed by atoms with Gasteiger partial charge in [0.15, 0.2) is 5.82 Å². The van der Waals surface area contributed by atoms with Crippen LogP contribution in [0.2, 0.25) is 0 Å². The Labute approximate surface area is 114 Å². The summed E-state index contributed by atoms with van der Waals surface area (Å²) in [5.74, 6) is -0.429. The highest BCUT2D eigenvalue weighted by atomic mass is 16.4. The van der Waals surface area contributed by atoms with Crippen molar-refractivity contribution in [3.8, 4) is 0 Å². The molecule has 2 N–H and O–H groups in total. The molecule has 0 saturated heterocycles. The van der Waals surface area contributed by atoms with Gasteiger partial charge < -0.3 is 10.0 Å². The first-order valence-electron chi connectivity index (χ1n) is 5.81. The number of aromatic amines is 1. The average molecular weight is 275 g/mol. The molecule has 0 atom stereocenters.